The summed E-state index contributed by atoms with van der Waals surface area (Å²) in [5, 5.41) is 4.49. The molecule has 0 unspecified atom stereocenters. The van der Waals surface area contributed by atoms with Crippen LogP contribution in [0.2, 0.25) is 0 Å². The Morgan fingerprint density at radius 2 is 1.77 bits per heavy atom. The monoisotopic (exact) mass is 430 g/mol. The second-order valence-electron chi connectivity index (χ2n) is 7.73. The topological polar surface area (TPSA) is 102 Å². The van der Waals surface area contributed by atoms with E-state index in [1.807, 2.05) is 46.1 Å². The van der Waals surface area contributed by atoms with Gasteiger partial charge in [0.15, 0.2) is 10.8 Å². The number of anilines is 1. The van der Waals surface area contributed by atoms with Crippen molar-refractivity contribution in [2.24, 2.45) is 7.05 Å². The van der Waals surface area contributed by atoms with Gasteiger partial charge in [0, 0.05) is 57.6 Å². The highest BCUT2D eigenvalue weighted by molar-refractivity contribution is 7.89. The summed E-state index contributed by atoms with van der Waals surface area (Å²) in [4.78, 5) is 15.1. The zero-order valence-electron chi connectivity index (χ0n) is 17.6. The lowest BCUT2D eigenvalue weighted by Gasteiger charge is -2.34. The van der Waals surface area contributed by atoms with Gasteiger partial charge in [-0.2, -0.15) is 9.40 Å². The van der Waals surface area contributed by atoms with Crippen LogP contribution in [0.4, 0.5) is 5.82 Å². The molecule has 10 nitrogen and oxygen atoms in total. The molecule has 1 aliphatic rings. The summed E-state index contributed by atoms with van der Waals surface area (Å²) in [6, 6.07) is 3.78. The van der Waals surface area contributed by atoms with Gasteiger partial charge in [0.25, 0.3) is 10.0 Å². The molecule has 1 fully saturated rings. The lowest BCUT2D eigenvalue weighted by atomic mass is 10.2. The first kappa shape index (κ1) is 20.5. The third kappa shape index (κ3) is 3.82. The van der Waals surface area contributed by atoms with Crippen molar-refractivity contribution in [1.29, 1.82) is 0 Å². The predicted octanol–water partition coefficient (Wildman–Crippen LogP) is 1.34. The van der Waals surface area contributed by atoms with E-state index in [-0.39, 0.29) is 10.9 Å². The number of imidazole rings is 1. The quantitative estimate of drug-likeness (QED) is 0.602. The Hall–Kier alpha value is -2.79. The molecule has 4 heterocycles. The molecule has 0 aliphatic carbocycles. The molecule has 3 aromatic heterocycles. The molecule has 3 aromatic rings. The molecule has 30 heavy (non-hydrogen) atoms. The van der Waals surface area contributed by atoms with Gasteiger partial charge in [-0.25, -0.2) is 28.1 Å². The molecule has 4 rings (SSSR count). The van der Waals surface area contributed by atoms with Crippen LogP contribution in [0.25, 0.3) is 5.82 Å². The van der Waals surface area contributed by atoms with Gasteiger partial charge >= 0.3 is 0 Å². The number of aryl methyl sites for hydroxylation is 2. The Morgan fingerprint density at radius 1 is 1.07 bits per heavy atom. The molecule has 0 amide bonds. The first-order valence-electron chi connectivity index (χ1n) is 9.89. The predicted molar refractivity (Wildman–Crippen MR) is 112 cm³/mol. The van der Waals surface area contributed by atoms with Crippen LogP contribution in [0.15, 0.2) is 35.9 Å². The molecule has 11 heteroatoms. The Balaban J connectivity index is 1.48. The molecular weight excluding hydrogens is 404 g/mol. The van der Waals surface area contributed by atoms with Crippen molar-refractivity contribution < 1.29 is 8.42 Å². The first-order chi connectivity index (χ1) is 14.3. The second-order valence-corrected chi connectivity index (χ2v) is 9.61. The molecule has 0 N–H and O–H groups in total. The van der Waals surface area contributed by atoms with Gasteiger partial charge in [-0.15, -0.1) is 0 Å². The maximum Gasteiger partial charge on any atom is 0.262 e. The van der Waals surface area contributed by atoms with Crippen LogP contribution >= 0.6 is 0 Å². The number of rotatable bonds is 5. The number of hydrogen-bond donors (Lipinski definition) is 0. The van der Waals surface area contributed by atoms with Crippen molar-refractivity contribution in [3.8, 4) is 5.82 Å². The summed E-state index contributed by atoms with van der Waals surface area (Å²) in [6.45, 7) is 7.74. The molecule has 1 aliphatic heterocycles. The zero-order chi connectivity index (χ0) is 21.5. The minimum atomic E-state index is -3.62. The highest BCUT2D eigenvalue weighted by Gasteiger charge is 2.31. The van der Waals surface area contributed by atoms with Crippen LogP contribution in [-0.4, -0.2) is 68.2 Å². The van der Waals surface area contributed by atoms with Gasteiger partial charge in [0.1, 0.15) is 18.0 Å². The summed E-state index contributed by atoms with van der Waals surface area (Å²) < 4.78 is 31.1. The van der Waals surface area contributed by atoms with Gasteiger partial charge in [-0.3, -0.25) is 0 Å². The maximum absolute atomic E-state index is 13.1. The third-order valence-electron chi connectivity index (χ3n) is 5.17. The van der Waals surface area contributed by atoms with Crippen molar-refractivity contribution in [3.63, 3.8) is 0 Å². The van der Waals surface area contributed by atoms with E-state index in [9.17, 15) is 8.42 Å². The lowest BCUT2D eigenvalue weighted by molar-refractivity contribution is 0.382. The average molecular weight is 431 g/mol. The molecular formula is C19H26N8O2S. The van der Waals surface area contributed by atoms with Crippen molar-refractivity contribution in [2.75, 3.05) is 31.1 Å². The lowest BCUT2D eigenvalue weighted by Crippen LogP contribution is -2.49. The van der Waals surface area contributed by atoms with E-state index < -0.39 is 10.0 Å². The summed E-state index contributed by atoms with van der Waals surface area (Å²) in [6.07, 6.45) is 4.95. The molecule has 1 saturated heterocycles. The summed E-state index contributed by atoms with van der Waals surface area (Å²) in [7, 11) is -1.80. The molecule has 0 atom stereocenters. The molecule has 0 spiro atoms. The van der Waals surface area contributed by atoms with Gasteiger partial charge in [0.05, 0.1) is 5.69 Å². The van der Waals surface area contributed by atoms with E-state index >= 15 is 0 Å². The Bertz CT molecular complexity index is 1140. The van der Waals surface area contributed by atoms with Crippen molar-refractivity contribution in [2.45, 2.75) is 31.7 Å². The zero-order valence-corrected chi connectivity index (χ0v) is 18.4. The molecule has 160 valence electrons. The van der Waals surface area contributed by atoms with Crippen LogP contribution in [-0.2, 0) is 17.1 Å². The average Bonchev–Trinajstić information content (AvgIpc) is 3.34. The third-order valence-corrected chi connectivity index (χ3v) is 6.94. The Morgan fingerprint density at radius 3 is 2.37 bits per heavy atom. The number of aromatic nitrogens is 6. The minimum Gasteiger partial charge on any atom is -0.354 e. The Labute approximate surface area is 176 Å². The van der Waals surface area contributed by atoms with E-state index in [1.54, 1.807) is 15.4 Å². The standard InChI is InChI=1S/C19H26N8O2S/c1-14(2)19-22-18(12-24(19)4)30(28,29)26-9-7-25(8-10-26)16-11-17(21-13-20-16)27-6-5-15(3)23-27/h5-6,11-14H,7-10H2,1-4H3. The van der Waals surface area contributed by atoms with Crippen LogP contribution in [0, 0.1) is 6.92 Å². The summed E-state index contributed by atoms with van der Waals surface area (Å²) >= 11 is 0. The fourth-order valence-corrected chi connectivity index (χ4v) is 4.99. The minimum absolute atomic E-state index is 0.112. The first-order valence-corrected chi connectivity index (χ1v) is 11.3. The summed E-state index contributed by atoms with van der Waals surface area (Å²) in [5.41, 5.74) is 0.907. The maximum atomic E-state index is 13.1. The van der Waals surface area contributed by atoms with Crippen LogP contribution < -0.4 is 4.90 Å². The van der Waals surface area contributed by atoms with Gasteiger partial charge in [-0.05, 0) is 13.0 Å². The SMILES string of the molecule is Cc1ccn(-c2cc(N3CCN(S(=O)(=O)c4cn(C)c(C(C)C)n4)CC3)ncn2)n1. The summed E-state index contributed by atoms with van der Waals surface area (Å²) in [5.74, 6) is 2.35. The molecule has 0 bridgehead atoms. The van der Waals surface area contributed by atoms with E-state index in [4.69, 9.17) is 0 Å². The van der Waals surface area contributed by atoms with E-state index in [0.717, 1.165) is 17.3 Å². The van der Waals surface area contributed by atoms with Gasteiger partial charge in [0.2, 0.25) is 0 Å². The molecule has 0 saturated carbocycles. The van der Waals surface area contributed by atoms with E-state index in [2.05, 4.69) is 25.0 Å². The van der Waals surface area contributed by atoms with Crippen LogP contribution in [0.5, 0.6) is 0 Å². The van der Waals surface area contributed by atoms with Crippen molar-refractivity contribution >= 4 is 15.8 Å². The van der Waals surface area contributed by atoms with Gasteiger partial charge < -0.3 is 9.47 Å². The Kier molecular flexibility index (Phi) is 5.33. The molecule has 0 aromatic carbocycles. The normalized spacial score (nSPS) is 15.8. The molecule has 0 radical (unpaired) electrons. The van der Waals surface area contributed by atoms with E-state index in [1.165, 1.54) is 10.6 Å². The number of hydrogen-bond acceptors (Lipinski definition) is 7. The largest absolute Gasteiger partial charge is 0.354 e. The van der Waals surface area contributed by atoms with Crippen molar-refractivity contribution in [3.05, 3.63) is 42.4 Å². The fourth-order valence-electron chi connectivity index (χ4n) is 3.58. The van der Waals surface area contributed by atoms with Crippen LogP contribution in [0.1, 0.15) is 31.3 Å². The number of piperazine rings is 1. The second kappa shape index (κ2) is 7.80. The number of nitrogens with zero attached hydrogens (tertiary/aromatic N) is 8. The van der Waals surface area contributed by atoms with E-state index in [0.29, 0.717) is 32.0 Å². The smallest absolute Gasteiger partial charge is 0.262 e. The highest BCUT2D eigenvalue weighted by Crippen LogP contribution is 2.22. The highest BCUT2D eigenvalue weighted by atomic mass is 32.2. The van der Waals surface area contributed by atoms with Gasteiger partial charge in [-0.1, -0.05) is 13.8 Å². The van der Waals surface area contributed by atoms with Crippen molar-refractivity contribution in [1.82, 2.24) is 33.6 Å². The fraction of sp³-hybridized carbons (Fsp3) is 0.474. The van der Waals surface area contributed by atoms with Crippen LogP contribution in [0.3, 0.4) is 0 Å². The number of sulfonamides is 1.